The highest BCUT2D eigenvalue weighted by Gasteiger charge is 1.82. The number of carbonyl (C=O) groups excluding carboxylic acids is 1. The van der Waals surface area contributed by atoms with Crippen LogP contribution in [0.25, 0.3) is 0 Å². The van der Waals surface area contributed by atoms with Crippen LogP contribution in [0.3, 0.4) is 0 Å². The largest absolute Gasteiger partial charge is 0.299 e. The van der Waals surface area contributed by atoms with Crippen molar-refractivity contribution in [2.75, 3.05) is 5.75 Å². The van der Waals surface area contributed by atoms with E-state index in [0.717, 1.165) is 16.9 Å². The molecule has 0 aromatic heterocycles. The highest BCUT2D eigenvalue weighted by Crippen LogP contribution is 2.11. The van der Waals surface area contributed by atoms with Crippen molar-refractivity contribution in [2.45, 2.75) is 13.8 Å². The third-order valence-corrected chi connectivity index (χ3v) is 1.55. The molecule has 2 heteroatoms. The zero-order valence-electron chi connectivity index (χ0n) is 5.18. The summed E-state index contributed by atoms with van der Waals surface area (Å²) in [7, 11) is 0. The van der Waals surface area contributed by atoms with Gasteiger partial charge >= 0.3 is 0 Å². The average Bonchev–Trinajstić information content (AvgIpc) is 1.68. The van der Waals surface area contributed by atoms with Crippen molar-refractivity contribution in [1.29, 1.82) is 0 Å². The number of thioether (sulfide) groups is 1. The fraction of sp³-hybridized carbons (Fsp3) is 0.500. The lowest BCUT2D eigenvalue weighted by Gasteiger charge is -1.90. The van der Waals surface area contributed by atoms with Crippen molar-refractivity contribution in [3.05, 3.63) is 11.0 Å². The summed E-state index contributed by atoms with van der Waals surface area (Å²) >= 11 is 1.69. The van der Waals surface area contributed by atoms with Crippen LogP contribution in [0, 0.1) is 0 Å². The summed E-state index contributed by atoms with van der Waals surface area (Å²) in [6.45, 7) is 4.00. The quantitative estimate of drug-likeness (QED) is 0.428. The highest BCUT2D eigenvalue weighted by molar-refractivity contribution is 8.03. The summed E-state index contributed by atoms with van der Waals surface area (Å²) in [5.41, 5.74) is 0. The minimum Gasteiger partial charge on any atom is -0.299 e. The van der Waals surface area contributed by atoms with Gasteiger partial charge in [0.2, 0.25) is 0 Å². The fourth-order valence-electron chi connectivity index (χ4n) is 0.372. The molecule has 0 fully saturated rings. The van der Waals surface area contributed by atoms with Gasteiger partial charge in [0.25, 0.3) is 0 Å². The lowest BCUT2D eigenvalue weighted by Crippen LogP contribution is -1.70. The molecule has 0 radical (unpaired) electrons. The van der Waals surface area contributed by atoms with E-state index in [1.165, 1.54) is 0 Å². The van der Waals surface area contributed by atoms with Crippen LogP contribution in [0.4, 0.5) is 0 Å². The van der Waals surface area contributed by atoms with Gasteiger partial charge in [0.1, 0.15) is 6.29 Å². The minimum absolute atomic E-state index is 0.817. The van der Waals surface area contributed by atoms with Gasteiger partial charge in [-0.05, 0) is 23.7 Å². The van der Waals surface area contributed by atoms with Crippen LogP contribution >= 0.6 is 11.8 Å². The Morgan fingerprint density at radius 2 is 2.38 bits per heavy atom. The van der Waals surface area contributed by atoms with Gasteiger partial charge in [0.15, 0.2) is 0 Å². The van der Waals surface area contributed by atoms with Gasteiger partial charge in [0.05, 0.1) is 0 Å². The van der Waals surface area contributed by atoms with Crippen LogP contribution in [0.1, 0.15) is 13.8 Å². The summed E-state index contributed by atoms with van der Waals surface area (Å²) in [6, 6.07) is 0. The van der Waals surface area contributed by atoms with E-state index in [4.69, 9.17) is 0 Å². The molecule has 1 nitrogen and oxygen atoms in total. The molecule has 0 aliphatic heterocycles. The Hall–Kier alpha value is -0.240. The van der Waals surface area contributed by atoms with Crippen molar-refractivity contribution >= 4 is 18.0 Å². The predicted molar refractivity (Wildman–Crippen MR) is 38.0 cm³/mol. The second kappa shape index (κ2) is 4.91. The second-order valence-electron chi connectivity index (χ2n) is 1.35. The van der Waals surface area contributed by atoms with Gasteiger partial charge in [0, 0.05) is 0 Å². The Kier molecular flexibility index (Phi) is 4.76. The first kappa shape index (κ1) is 7.76. The molecule has 0 spiro atoms. The van der Waals surface area contributed by atoms with E-state index < -0.39 is 0 Å². The molecule has 0 amide bonds. The summed E-state index contributed by atoms with van der Waals surface area (Å²) in [5.74, 6) is 1.04. The van der Waals surface area contributed by atoms with E-state index in [1.54, 1.807) is 17.8 Å². The Labute approximate surface area is 54.2 Å². The van der Waals surface area contributed by atoms with Crippen molar-refractivity contribution < 1.29 is 4.79 Å². The number of rotatable bonds is 3. The van der Waals surface area contributed by atoms with E-state index in [2.05, 4.69) is 6.92 Å². The molecule has 46 valence electrons. The lowest BCUT2D eigenvalue weighted by atomic mass is 10.6. The smallest absolute Gasteiger partial charge is 0.143 e. The minimum atomic E-state index is 0.817. The van der Waals surface area contributed by atoms with Crippen LogP contribution in [0.2, 0.25) is 0 Å². The van der Waals surface area contributed by atoms with Crippen LogP contribution in [-0.2, 0) is 4.79 Å². The van der Waals surface area contributed by atoms with Crippen LogP contribution in [-0.4, -0.2) is 12.0 Å². The maximum atomic E-state index is 9.80. The number of hydrogen-bond donors (Lipinski definition) is 0. The Balaban J connectivity index is 3.44. The number of allylic oxidation sites excluding steroid dienone is 2. The fourth-order valence-corrected chi connectivity index (χ4v) is 0.979. The van der Waals surface area contributed by atoms with Gasteiger partial charge in [-0.25, -0.2) is 0 Å². The molecule has 0 bridgehead atoms. The van der Waals surface area contributed by atoms with Crippen LogP contribution in [0.15, 0.2) is 11.0 Å². The molecule has 8 heavy (non-hydrogen) atoms. The van der Waals surface area contributed by atoms with Crippen LogP contribution in [0.5, 0.6) is 0 Å². The van der Waals surface area contributed by atoms with Crippen molar-refractivity contribution in [3.63, 3.8) is 0 Å². The summed E-state index contributed by atoms with van der Waals surface area (Å²) in [5, 5.41) is 0. The molecule has 0 atom stereocenters. The summed E-state index contributed by atoms with van der Waals surface area (Å²) < 4.78 is 0. The molecule has 0 N–H and O–H groups in total. The molecule has 0 unspecified atom stereocenters. The maximum absolute atomic E-state index is 9.80. The summed E-state index contributed by atoms with van der Waals surface area (Å²) in [4.78, 5) is 10.9. The van der Waals surface area contributed by atoms with Gasteiger partial charge in [-0.3, -0.25) is 4.79 Å². The SMILES string of the molecule is CCS/C(C)=C/C=O. The first-order valence-corrected chi connectivity index (χ1v) is 3.54. The second-order valence-corrected chi connectivity index (χ2v) is 2.86. The molecular weight excluding hydrogens is 120 g/mol. The maximum Gasteiger partial charge on any atom is 0.143 e. The van der Waals surface area contributed by atoms with E-state index in [9.17, 15) is 4.79 Å². The predicted octanol–water partition coefficient (Wildman–Crippen LogP) is 1.84. The molecule has 0 heterocycles. The molecule has 0 saturated carbocycles. The third-order valence-electron chi connectivity index (χ3n) is 0.675. The number of aldehydes is 1. The molecule has 0 aliphatic rings. The monoisotopic (exact) mass is 130 g/mol. The molecule has 0 aliphatic carbocycles. The molecule has 0 aromatic rings. The number of carbonyl (C=O) groups is 1. The van der Waals surface area contributed by atoms with Crippen molar-refractivity contribution in [1.82, 2.24) is 0 Å². The zero-order chi connectivity index (χ0) is 6.41. The van der Waals surface area contributed by atoms with Crippen LogP contribution < -0.4 is 0 Å². The van der Waals surface area contributed by atoms with Gasteiger partial charge in [-0.15, -0.1) is 11.8 Å². The van der Waals surface area contributed by atoms with Gasteiger partial charge < -0.3 is 0 Å². The van der Waals surface area contributed by atoms with E-state index in [0.29, 0.717) is 0 Å². The topological polar surface area (TPSA) is 17.1 Å². The third kappa shape index (κ3) is 3.93. The highest BCUT2D eigenvalue weighted by atomic mass is 32.2. The van der Waals surface area contributed by atoms with E-state index >= 15 is 0 Å². The standard InChI is InChI=1S/C6H10OS/c1-3-8-6(2)4-5-7/h4-5H,3H2,1-2H3/b6-4+. The summed E-state index contributed by atoms with van der Waals surface area (Å²) in [6.07, 6.45) is 2.40. The van der Waals surface area contributed by atoms with Gasteiger partial charge in [-0.2, -0.15) is 0 Å². The Bertz CT molecular complexity index is 96.7. The van der Waals surface area contributed by atoms with E-state index in [1.807, 2.05) is 6.92 Å². The first-order valence-electron chi connectivity index (χ1n) is 2.56. The Morgan fingerprint density at radius 3 is 2.75 bits per heavy atom. The van der Waals surface area contributed by atoms with Crippen molar-refractivity contribution in [3.8, 4) is 0 Å². The first-order chi connectivity index (χ1) is 3.81. The van der Waals surface area contributed by atoms with Crippen molar-refractivity contribution in [2.24, 2.45) is 0 Å². The number of hydrogen-bond acceptors (Lipinski definition) is 2. The Morgan fingerprint density at radius 1 is 1.75 bits per heavy atom. The average molecular weight is 130 g/mol. The molecule has 0 saturated heterocycles. The van der Waals surface area contributed by atoms with E-state index in [-0.39, 0.29) is 0 Å². The zero-order valence-corrected chi connectivity index (χ0v) is 5.99. The molecule has 0 rings (SSSR count). The molecular formula is C6H10OS. The molecule has 0 aromatic carbocycles. The lowest BCUT2D eigenvalue weighted by molar-refractivity contribution is -0.104. The normalized spacial score (nSPS) is 11.5. The van der Waals surface area contributed by atoms with Gasteiger partial charge in [-0.1, -0.05) is 6.92 Å².